The Morgan fingerprint density at radius 3 is 2.50 bits per heavy atom. The lowest BCUT2D eigenvalue weighted by Crippen LogP contribution is -2.14. The first-order chi connectivity index (χ1) is 9.47. The average molecular weight is 289 g/mol. The molecule has 2 rings (SSSR count). The highest BCUT2D eigenvalue weighted by Gasteiger charge is 2.10. The quantitative estimate of drug-likeness (QED) is 0.862. The molecular weight excluding hydrogens is 268 g/mol. The van der Waals surface area contributed by atoms with E-state index in [4.69, 9.17) is 11.6 Å². The molecule has 0 amide bonds. The van der Waals surface area contributed by atoms with Crippen LogP contribution in [0.15, 0.2) is 42.5 Å². The topological polar surface area (TPSA) is 15.3 Å². The summed E-state index contributed by atoms with van der Waals surface area (Å²) in [5.74, 6) is 0. The minimum Gasteiger partial charge on any atom is -0.377 e. The zero-order valence-corrected chi connectivity index (χ0v) is 13.2. The van der Waals surface area contributed by atoms with E-state index in [0.717, 1.165) is 16.4 Å². The molecule has 0 radical (unpaired) electrons. The maximum atomic E-state index is 6.12. The van der Waals surface area contributed by atoms with Crippen molar-refractivity contribution in [2.45, 2.75) is 19.9 Å². The first-order valence-corrected chi connectivity index (χ1v) is 7.15. The molecule has 0 fully saturated rings. The van der Waals surface area contributed by atoms with E-state index in [-0.39, 0.29) is 6.04 Å². The summed E-state index contributed by atoms with van der Waals surface area (Å²) in [4.78, 5) is 2.08. The Morgan fingerprint density at radius 1 is 1.10 bits per heavy atom. The van der Waals surface area contributed by atoms with Crippen LogP contribution in [-0.4, -0.2) is 14.1 Å². The van der Waals surface area contributed by atoms with Crippen molar-refractivity contribution in [1.82, 2.24) is 0 Å². The van der Waals surface area contributed by atoms with Crippen LogP contribution in [0.4, 0.5) is 11.4 Å². The summed E-state index contributed by atoms with van der Waals surface area (Å²) in [5.41, 5.74) is 4.73. The molecule has 0 saturated heterocycles. The van der Waals surface area contributed by atoms with Crippen LogP contribution in [0.25, 0.3) is 0 Å². The zero-order chi connectivity index (χ0) is 14.7. The normalized spacial score (nSPS) is 12.1. The maximum Gasteiger partial charge on any atom is 0.0598 e. The molecule has 0 heterocycles. The smallest absolute Gasteiger partial charge is 0.0598 e. The zero-order valence-electron chi connectivity index (χ0n) is 12.4. The van der Waals surface area contributed by atoms with Crippen molar-refractivity contribution in [3.63, 3.8) is 0 Å². The Labute approximate surface area is 126 Å². The van der Waals surface area contributed by atoms with E-state index in [1.807, 2.05) is 32.3 Å². The fourth-order valence-electron chi connectivity index (χ4n) is 2.27. The Kier molecular flexibility index (Phi) is 4.56. The molecule has 2 aromatic carbocycles. The number of nitrogens with zero attached hydrogens (tertiary/aromatic N) is 1. The van der Waals surface area contributed by atoms with Gasteiger partial charge in [0, 0.05) is 25.2 Å². The van der Waals surface area contributed by atoms with Gasteiger partial charge in [0.25, 0.3) is 0 Å². The number of nitrogens with one attached hydrogen (secondary N) is 1. The van der Waals surface area contributed by atoms with Crippen molar-refractivity contribution >= 4 is 23.0 Å². The van der Waals surface area contributed by atoms with Gasteiger partial charge in [0.05, 0.1) is 11.4 Å². The third-order valence-corrected chi connectivity index (χ3v) is 3.59. The van der Waals surface area contributed by atoms with E-state index < -0.39 is 0 Å². The largest absolute Gasteiger partial charge is 0.377 e. The van der Waals surface area contributed by atoms with Crippen LogP contribution in [0.3, 0.4) is 0 Å². The van der Waals surface area contributed by atoms with Crippen molar-refractivity contribution < 1.29 is 0 Å². The van der Waals surface area contributed by atoms with Gasteiger partial charge in [0.1, 0.15) is 0 Å². The second-order valence-corrected chi connectivity index (χ2v) is 5.77. The van der Waals surface area contributed by atoms with Crippen molar-refractivity contribution in [2.24, 2.45) is 0 Å². The minimum atomic E-state index is 0.229. The van der Waals surface area contributed by atoms with E-state index in [1.165, 1.54) is 11.1 Å². The van der Waals surface area contributed by atoms with Gasteiger partial charge in [-0.1, -0.05) is 41.4 Å². The second kappa shape index (κ2) is 6.19. The van der Waals surface area contributed by atoms with E-state index in [2.05, 4.69) is 48.3 Å². The number of rotatable bonds is 4. The summed E-state index contributed by atoms with van der Waals surface area (Å²) in [6, 6.07) is 14.7. The third kappa shape index (κ3) is 3.45. The SMILES string of the molecule is Cc1cccc(C(C)Nc2cc(Cl)ccc2N(C)C)c1. The van der Waals surface area contributed by atoms with Gasteiger partial charge in [-0.15, -0.1) is 0 Å². The molecule has 2 aromatic rings. The lowest BCUT2D eigenvalue weighted by molar-refractivity contribution is 0.881. The molecule has 0 aliphatic rings. The van der Waals surface area contributed by atoms with Crippen LogP contribution in [0.5, 0.6) is 0 Å². The van der Waals surface area contributed by atoms with Gasteiger partial charge in [0.2, 0.25) is 0 Å². The molecule has 1 N–H and O–H groups in total. The van der Waals surface area contributed by atoms with Crippen LogP contribution in [-0.2, 0) is 0 Å². The van der Waals surface area contributed by atoms with Crippen molar-refractivity contribution in [3.8, 4) is 0 Å². The summed E-state index contributed by atoms with van der Waals surface area (Å²) in [5, 5.41) is 4.29. The molecular formula is C17H21ClN2. The number of benzene rings is 2. The molecule has 0 spiro atoms. The van der Waals surface area contributed by atoms with Crippen LogP contribution < -0.4 is 10.2 Å². The Bertz CT molecular complexity index is 593. The molecule has 0 aliphatic heterocycles. The molecule has 2 nitrogen and oxygen atoms in total. The first kappa shape index (κ1) is 14.7. The second-order valence-electron chi connectivity index (χ2n) is 5.34. The highest BCUT2D eigenvalue weighted by atomic mass is 35.5. The number of hydrogen-bond donors (Lipinski definition) is 1. The van der Waals surface area contributed by atoms with Crippen LogP contribution >= 0.6 is 11.6 Å². The Balaban J connectivity index is 2.27. The van der Waals surface area contributed by atoms with Gasteiger partial charge in [-0.25, -0.2) is 0 Å². The number of halogens is 1. The Hall–Kier alpha value is -1.67. The van der Waals surface area contributed by atoms with E-state index >= 15 is 0 Å². The number of aryl methyl sites for hydroxylation is 1. The molecule has 1 atom stereocenters. The molecule has 0 aromatic heterocycles. The van der Waals surface area contributed by atoms with E-state index in [9.17, 15) is 0 Å². The maximum absolute atomic E-state index is 6.12. The standard InChI is InChI=1S/C17H21ClN2/c1-12-6-5-7-14(10-12)13(2)19-16-11-15(18)8-9-17(16)20(3)4/h5-11,13,19H,1-4H3. The van der Waals surface area contributed by atoms with Crippen LogP contribution in [0.2, 0.25) is 5.02 Å². The van der Waals surface area contributed by atoms with Crippen molar-refractivity contribution in [3.05, 3.63) is 58.6 Å². The summed E-state index contributed by atoms with van der Waals surface area (Å²) < 4.78 is 0. The fourth-order valence-corrected chi connectivity index (χ4v) is 2.44. The molecule has 0 saturated carbocycles. The highest BCUT2D eigenvalue weighted by Crippen LogP contribution is 2.31. The molecule has 3 heteroatoms. The lowest BCUT2D eigenvalue weighted by atomic mass is 10.1. The minimum absolute atomic E-state index is 0.229. The van der Waals surface area contributed by atoms with Crippen LogP contribution in [0.1, 0.15) is 24.1 Å². The average Bonchev–Trinajstić information content (AvgIpc) is 2.38. The fraction of sp³-hybridized carbons (Fsp3) is 0.294. The molecule has 0 bridgehead atoms. The van der Waals surface area contributed by atoms with Crippen molar-refractivity contribution in [2.75, 3.05) is 24.3 Å². The van der Waals surface area contributed by atoms with Gasteiger partial charge >= 0.3 is 0 Å². The third-order valence-electron chi connectivity index (χ3n) is 3.35. The van der Waals surface area contributed by atoms with Gasteiger partial charge in [-0.2, -0.15) is 0 Å². The van der Waals surface area contributed by atoms with Gasteiger partial charge in [-0.05, 0) is 37.6 Å². The number of hydrogen-bond acceptors (Lipinski definition) is 2. The summed E-state index contributed by atoms with van der Waals surface area (Å²) >= 11 is 6.12. The first-order valence-electron chi connectivity index (χ1n) is 6.77. The lowest BCUT2D eigenvalue weighted by Gasteiger charge is -2.22. The Morgan fingerprint density at radius 2 is 1.85 bits per heavy atom. The highest BCUT2D eigenvalue weighted by molar-refractivity contribution is 6.31. The summed E-state index contributed by atoms with van der Waals surface area (Å²) in [6.45, 7) is 4.27. The van der Waals surface area contributed by atoms with Crippen molar-refractivity contribution in [1.29, 1.82) is 0 Å². The molecule has 20 heavy (non-hydrogen) atoms. The summed E-state index contributed by atoms with van der Waals surface area (Å²) in [6.07, 6.45) is 0. The summed E-state index contributed by atoms with van der Waals surface area (Å²) in [7, 11) is 4.07. The molecule has 106 valence electrons. The van der Waals surface area contributed by atoms with E-state index in [0.29, 0.717) is 0 Å². The predicted molar refractivity (Wildman–Crippen MR) is 89.0 cm³/mol. The monoisotopic (exact) mass is 288 g/mol. The number of anilines is 2. The van der Waals surface area contributed by atoms with Gasteiger partial charge in [0.15, 0.2) is 0 Å². The molecule has 1 unspecified atom stereocenters. The predicted octanol–water partition coefficient (Wildman–Crippen LogP) is 4.89. The van der Waals surface area contributed by atoms with Crippen LogP contribution in [0, 0.1) is 6.92 Å². The molecule has 0 aliphatic carbocycles. The van der Waals surface area contributed by atoms with Gasteiger partial charge in [-0.3, -0.25) is 0 Å². The van der Waals surface area contributed by atoms with E-state index in [1.54, 1.807) is 0 Å². The van der Waals surface area contributed by atoms with Gasteiger partial charge < -0.3 is 10.2 Å².